The summed E-state index contributed by atoms with van der Waals surface area (Å²) in [7, 11) is 0. The molecule has 0 amide bonds. The molecule has 2 aliphatic carbocycles. The molecule has 1 aromatic heterocycles. The van der Waals surface area contributed by atoms with Gasteiger partial charge in [-0.15, -0.1) is 0 Å². The van der Waals surface area contributed by atoms with Gasteiger partial charge >= 0.3 is 0 Å². The van der Waals surface area contributed by atoms with Crippen LogP contribution >= 0.6 is 0 Å². The molecule has 1 N–H and O–H groups in total. The maximum atomic E-state index is 5.78. The highest BCUT2D eigenvalue weighted by molar-refractivity contribution is 5.31. The normalized spacial score (nSPS) is 30.3. The third kappa shape index (κ3) is 2.58. The van der Waals surface area contributed by atoms with Crippen LogP contribution in [-0.2, 0) is 6.54 Å². The minimum atomic E-state index is 0.681. The molecule has 2 heterocycles. The average Bonchev–Trinajstić information content (AvgIpc) is 3.21. The third-order valence-electron chi connectivity index (χ3n) is 5.18. The summed E-state index contributed by atoms with van der Waals surface area (Å²) in [6.45, 7) is 1.98. The number of hydrogen-bond acceptors (Lipinski definition) is 4. The van der Waals surface area contributed by atoms with Gasteiger partial charge in [0.05, 0.1) is 5.69 Å². The van der Waals surface area contributed by atoms with E-state index < -0.39 is 0 Å². The van der Waals surface area contributed by atoms with Crippen molar-refractivity contribution < 1.29 is 4.42 Å². The molecule has 0 bridgehead atoms. The number of nitrogens with zero attached hydrogens (tertiary/aromatic N) is 2. The lowest BCUT2D eigenvalue weighted by Gasteiger charge is -2.43. The van der Waals surface area contributed by atoms with Crippen molar-refractivity contribution in [2.45, 2.75) is 70.0 Å². The van der Waals surface area contributed by atoms with Crippen molar-refractivity contribution in [1.82, 2.24) is 10.3 Å². The van der Waals surface area contributed by atoms with Crippen LogP contribution in [0.25, 0.3) is 0 Å². The van der Waals surface area contributed by atoms with Crippen LogP contribution in [0.2, 0.25) is 0 Å². The first-order valence-electron chi connectivity index (χ1n) is 8.34. The molecule has 20 heavy (non-hydrogen) atoms. The number of rotatable bonds is 4. The van der Waals surface area contributed by atoms with Gasteiger partial charge in [-0.1, -0.05) is 12.8 Å². The number of aromatic nitrogens is 1. The Bertz CT molecular complexity index is 452. The van der Waals surface area contributed by atoms with Gasteiger partial charge in [-0.2, -0.15) is 4.98 Å². The van der Waals surface area contributed by atoms with E-state index in [1.807, 2.05) is 6.26 Å². The summed E-state index contributed by atoms with van der Waals surface area (Å²) in [4.78, 5) is 7.17. The van der Waals surface area contributed by atoms with E-state index in [1.54, 1.807) is 0 Å². The molecule has 0 unspecified atom stereocenters. The van der Waals surface area contributed by atoms with E-state index in [2.05, 4.69) is 10.2 Å². The quantitative estimate of drug-likeness (QED) is 0.917. The Balaban J connectivity index is 1.44. The van der Waals surface area contributed by atoms with Crippen molar-refractivity contribution >= 4 is 6.01 Å². The maximum Gasteiger partial charge on any atom is 0.297 e. The lowest BCUT2D eigenvalue weighted by Crippen LogP contribution is -2.47. The highest BCUT2D eigenvalue weighted by Gasteiger charge is 2.35. The van der Waals surface area contributed by atoms with E-state index in [9.17, 15) is 0 Å². The van der Waals surface area contributed by atoms with Crippen molar-refractivity contribution in [3.05, 3.63) is 12.0 Å². The number of nitrogens with one attached hydrogen (secondary N) is 1. The summed E-state index contributed by atoms with van der Waals surface area (Å²) >= 11 is 0. The zero-order valence-corrected chi connectivity index (χ0v) is 12.2. The van der Waals surface area contributed by atoms with E-state index in [0.717, 1.165) is 36.8 Å². The Morgan fingerprint density at radius 1 is 1.15 bits per heavy atom. The number of anilines is 1. The first-order chi connectivity index (χ1) is 9.90. The highest BCUT2D eigenvalue weighted by atomic mass is 16.4. The fourth-order valence-electron chi connectivity index (χ4n) is 3.91. The second-order valence-corrected chi connectivity index (χ2v) is 6.72. The molecule has 2 atom stereocenters. The first-order valence-corrected chi connectivity index (χ1v) is 8.34. The van der Waals surface area contributed by atoms with Gasteiger partial charge < -0.3 is 14.6 Å². The summed E-state index contributed by atoms with van der Waals surface area (Å²) in [5.74, 6) is 0.873. The minimum absolute atomic E-state index is 0.681. The Labute approximate surface area is 120 Å². The van der Waals surface area contributed by atoms with Crippen molar-refractivity contribution in [3.63, 3.8) is 0 Å². The molecular weight excluding hydrogens is 250 g/mol. The van der Waals surface area contributed by atoms with Crippen LogP contribution in [-0.4, -0.2) is 23.6 Å². The monoisotopic (exact) mass is 275 g/mol. The molecule has 0 spiro atoms. The van der Waals surface area contributed by atoms with Crippen LogP contribution in [0.15, 0.2) is 10.7 Å². The Kier molecular flexibility index (Phi) is 3.42. The van der Waals surface area contributed by atoms with Gasteiger partial charge in [0.2, 0.25) is 0 Å². The molecule has 110 valence electrons. The molecule has 0 radical (unpaired) electrons. The highest BCUT2D eigenvalue weighted by Crippen LogP contribution is 2.37. The van der Waals surface area contributed by atoms with Gasteiger partial charge in [0, 0.05) is 25.2 Å². The maximum absolute atomic E-state index is 5.78. The first kappa shape index (κ1) is 12.7. The number of fused-ring (bicyclic) bond motifs is 1. The van der Waals surface area contributed by atoms with E-state index in [4.69, 9.17) is 9.40 Å². The van der Waals surface area contributed by atoms with Crippen LogP contribution in [0.4, 0.5) is 6.01 Å². The lowest BCUT2D eigenvalue weighted by molar-refractivity contribution is 0.235. The van der Waals surface area contributed by atoms with Gasteiger partial charge in [-0.3, -0.25) is 0 Å². The fourth-order valence-corrected chi connectivity index (χ4v) is 3.91. The topological polar surface area (TPSA) is 41.3 Å². The molecule has 0 aromatic carbocycles. The molecule has 1 aliphatic heterocycles. The van der Waals surface area contributed by atoms with Gasteiger partial charge in [0.15, 0.2) is 0 Å². The van der Waals surface area contributed by atoms with Gasteiger partial charge in [0.25, 0.3) is 6.01 Å². The smallest absolute Gasteiger partial charge is 0.297 e. The third-order valence-corrected chi connectivity index (χ3v) is 5.18. The molecule has 3 fully saturated rings. The van der Waals surface area contributed by atoms with Gasteiger partial charge in [-0.25, -0.2) is 0 Å². The molecule has 2 saturated carbocycles. The van der Waals surface area contributed by atoms with E-state index >= 15 is 0 Å². The van der Waals surface area contributed by atoms with Crippen molar-refractivity contribution in [2.24, 2.45) is 5.92 Å². The fraction of sp³-hybridized carbons (Fsp3) is 0.812. The van der Waals surface area contributed by atoms with Crippen molar-refractivity contribution in [2.75, 3.05) is 11.4 Å². The Morgan fingerprint density at radius 3 is 2.90 bits per heavy atom. The molecule has 4 rings (SSSR count). The van der Waals surface area contributed by atoms with E-state index in [-0.39, 0.29) is 0 Å². The van der Waals surface area contributed by atoms with Crippen LogP contribution < -0.4 is 10.2 Å². The molecule has 1 aromatic rings. The summed E-state index contributed by atoms with van der Waals surface area (Å²) < 4.78 is 5.78. The molecule has 1 saturated heterocycles. The standard InChI is InChI=1S/C16H25N3O/c1-2-6-15-12(4-1)5-3-9-19(15)16-18-14(11-20-16)10-17-13-7-8-13/h11-13,15,17H,1-10H2/t12-,15-/m1/s1. The number of oxazole rings is 1. The molecule has 4 nitrogen and oxygen atoms in total. The summed E-state index contributed by atoms with van der Waals surface area (Å²) in [5.41, 5.74) is 1.06. The second kappa shape index (κ2) is 5.40. The lowest BCUT2D eigenvalue weighted by atomic mass is 9.78. The second-order valence-electron chi connectivity index (χ2n) is 6.72. The molecule has 3 aliphatic rings. The van der Waals surface area contributed by atoms with Crippen LogP contribution in [0.1, 0.15) is 57.1 Å². The zero-order chi connectivity index (χ0) is 13.4. The van der Waals surface area contributed by atoms with E-state index in [1.165, 1.54) is 51.4 Å². The van der Waals surface area contributed by atoms with Crippen molar-refractivity contribution in [1.29, 1.82) is 0 Å². The minimum Gasteiger partial charge on any atom is -0.432 e. The summed E-state index contributed by atoms with van der Waals surface area (Å²) in [5, 5.41) is 3.50. The van der Waals surface area contributed by atoms with Gasteiger partial charge in [-0.05, 0) is 44.4 Å². The predicted octanol–water partition coefficient (Wildman–Crippen LogP) is 3.09. The van der Waals surface area contributed by atoms with Crippen molar-refractivity contribution in [3.8, 4) is 0 Å². The van der Waals surface area contributed by atoms with Crippen LogP contribution in [0.3, 0.4) is 0 Å². The van der Waals surface area contributed by atoms with E-state index in [0.29, 0.717) is 6.04 Å². The number of hydrogen-bond donors (Lipinski definition) is 1. The Hall–Kier alpha value is -1.03. The predicted molar refractivity (Wildman–Crippen MR) is 78.7 cm³/mol. The van der Waals surface area contributed by atoms with Crippen LogP contribution in [0.5, 0.6) is 0 Å². The summed E-state index contributed by atoms with van der Waals surface area (Å²) in [6, 6.07) is 2.28. The zero-order valence-electron chi connectivity index (χ0n) is 12.2. The molecular formula is C16H25N3O. The summed E-state index contributed by atoms with van der Waals surface area (Å²) in [6.07, 6.45) is 12.7. The van der Waals surface area contributed by atoms with Gasteiger partial charge in [0.1, 0.15) is 6.26 Å². The SMILES string of the molecule is c1oc(N2CCC[C@H]3CCCC[C@H]32)nc1CNC1CC1. The average molecular weight is 275 g/mol. The van der Waals surface area contributed by atoms with Crippen LogP contribution in [0, 0.1) is 5.92 Å². The molecule has 4 heteroatoms. The number of piperidine rings is 1. The largest absolute Gasteiger partial charge is 0.432 e. The Morgan fingerprint density at radius 2 is 2.00 bits per heavy atom.